The topological polar surface area (TPSA) is 53.6 Å². The Bertz CT molecular complexity index is 771. The normalized spacial score (nSPS) is 23.8. The number of nitrogens with one attached hydrogen (secondary N) is 2. The first-order chi connectivity index (χ1) is 11.2. The molecule has 6 heteroatoms. The van der Waals surface area contributed by atoms with Gasteiger partial charge in [-0.2, -0.15) is 0 Å². The number of rotatable bonds is 2. The molecule has 3 atom stereocenters. The Kier molecular flexibility index (Phi) is 5.09. The molecule has 0 bridgehead atoms. The van der Waals surface area contributed by atoms with Crippen LogP contribution in [-0.2, 0) is 0 Å². The van der Waals surface area contributed by atoms with Crippen LogP contribution in [0, 0.1) is 0 Å². The van der Waals surface area contributed by atoms with Crippen molar-refractivity contribution in [3.8, 4) is 11.4 Å². The third kappa shape index (κ3) is 3.41. The number of aromatic amines is 1. The van der Waals surface area contributed by atoms with Gasteiger partial charge in [-0.3, -0.25) is 4.98 Å². The van der Waals surface area contributed by atoms with Gasteiger partial charge >= 0.3 is 0 Å². The summed E-state index contributed by atoms with van der Waals surface area (Å²) in [4.78, 5) is 12.3. The van der Waals surface area contributed by atoms with Crippen molar-refractivity contribution >= 4 is 24.0 Å². The second-order valence-corrected chi connectivity index (χ2v) is 6.79. The van der Waals surface area contributed by atoms with E-state index >= 15 is 0 Å². The lowest BCUT2D eigenvalue weighted by Gasteiger charge is -2.34. The maximum Gasteiger partial charge on any atom is 0.109 e. The third-order valence-electron chi connectivity index (χ3n) is 4.62. The van der Waals surface area contributed by atoms with Gasteiger partial charge in [-0.1, -0.05) is 23.7 Å². The van der Waals surface area contributed by atoms with E-state index in [9.17, 15) is 0 Å². The SMILES string of the molecule is CC1CC(c2ncc3nccc-3[nH]2)CC(c2ccc(Cl)cc2)N1.Cl. The average molecular weight is 363 g/mol. The number of nitrogens with zero attached hydrogens (tertiary/aromatic N) is 2. The van der Waals surface area contributed by atoms with Crippen molar-refractivity contribution in [2.75, 3.05) is 0 Å². The van der Waals surface area contributed by atoms with Gasteiger partial charge in [0.05, 0.1) is 11.9 Å². The Morgan fingerprint density at radius 2 is 1.88 bits per heavy atom. The monoisotopic (exact) mass is 362 g/mol. The number of aromatic nitrogens is 3. The zero-order valence-corrected chi connectivity index (χ0v) is 14.9. The molecule has 3 heterocycles. The van der Waals surface area contributed by atoms with Crippen molar-refractivity contribution < 1.29 is 0 Å². The molecular formula is C18H20Cl2N4. The van der Waals surface area contributed by atoms with E-state index in [-0.39, 0.29) is 12.4 Å². The van der Waals surface area contributed by atoms with Crippen molar-refractivity contribution in [3.05, 3.63) is 59.1 Å². The maximum absolute atomic E-state index is 6.01. The molecule has 24 heavy (non-hydrogen) atoms. The summed E-state index contributed by atoms with van der Waals surface area (Å²) in [6.45, 7) is 2.23. The van der Waals surface area contributed by atoms with E-state index in [2.05, 4.69) is 39.3 Å². The second kappa shape index (κ2) is 7.09. The molecule has 1 aromatic carbocycles. The standard InChI is InChI=1S/C18H19ClN4.ClH/c1-11-8-13(18-21-10-17-15(23-18)6-7-20-17)9-16(22-11)12-2-4-14(19)5-3-12;/h2-7,10-11,13,16,22H,8-9H2,1H3,(H,21,23);1H. The maximum atomic E-state index is 6.01. The lowest BCUT2D eigenvalue weighted by molar-refractivity contribution is 0.299. The molecule has 0 amide bonds. The predicted octanol–water partition coefficient (Wildman–Crippen LogP) is 4.58. The van der Waals surface area contributed by atoms with Gasteiger partial charge in [0.2, 0.25) is 0 Å². The number of benzene rings is 1. The van der Waals surface area contributed by atoms with Crippen molar-refractivity contribution in [2.45, 2.75) is 37.8 Å². The highest BCUT2D eigenvalue weighted by molar-refractivity contribution is 6.30. The minimum atomic E-state index is 0. The van der Waals surface area contributed by atoms with Crippen molar-refractivity contribution in [3.63, 3.8) is 0 Å². The van der Waals surface area contributed by atoms with E-state index in [1.807, 2.05) is 30.6 Å². The van der Waals surface area contributed by atoms with Gasteiger partial charge in [0, 0.05) is 29.2 Å². The van der Waals surface area contributed by atoms with Crippen LogP contribution in [0.1, 0.15) is 43.1 Å². The molecule has 4 nitrogen and oxygen atoms in total. The highest BCUT2D eigenvalue weighted by atomic mass is 35.5. The summed E-state index contributed by atoms with van der Waals surface area (Å²) in [6.07, 6.45) is 5.78. The van der Waals surface area contributed by atoms with Gasteiger partial charge in [0.15, 0.2) is 0 Å². The molecule has 0 aromatic heterocycles. The fourth-order valence-electron chi connectivity index (χ4n) is 3.50. The summed E-state index contributed by atoms with van der Waals surface area (Å²) in [5.74, 6) is 1.46. The molecule has 1 fully saturated rings. The van der Waals surface area contributed by atoms with Crippen LogP contribution in [0.3, 0.4) is 0 Å². The minimum absolute atomic E-state index is 0. The van der Waals surface area contributed by atoms with Crippen molar-refractivity contribution in [1.29, 1.82) is 0 Å². The molecular weight excluding hydrogens is 343 g/mol. The summed E-state index contributed by atoms with van der Waals surface area (Å²) in [7, 11) is 0. The fourth-order valence-corrected chi connectivity index (χ4v) is 3.63. The number of hydrogen-bond donors (Lipinski definition) is 2. The van der Waals surface area contributed by atoms with Gasteiger partial charge < -0.3 is 10.3 Å². The number of halogens is 2. The second-order valence-electron chi connectivity index (χ2n) is 6.35. The zero-order chi connectivity index (χ0) is 15.8. The van der Waals surface area contributed by atoms with Crippen LogP contribution in [0.5, 0.6) is 0 Å². The van der Waals surface area contributed by atoms with Crippen LogP contribution in [0.4, 0.5) is 0 Å². The predicted molar refractivity (Wildman–Crippen MR) is 99.0 cm³/mol. The van der Waals surface area contributed by atoms with E-state index in [4.69, 9.17) is 11.6 Å². The average Bonchev–Trinajstić information content (AvgIpc) is 3.02. The smallest absolute Gasteiger partial charge is 0.109 e. The number of H-pyrrole nitrogens is 1. The van der Waals surface area contributed by atoms with E-state index in [1.165, 1.54) is 5.56 Å². The third-order valence-corrected chi connectivity index (χ3v) is 4.87. The van der Waals surface area contributed by atoms with E-state index in [1.54, 1.807) is 0 Å². The van der Waals surface area contributed by atoms with Crippen LogP contribution in [-0.4, -0.2) is 21.0 Å². The van der Waals surface area contributed by atoms with Gasteiger partial charge in [-0.05, 0) is 43.5 Å². The molecule has 0 spiro atoms. The molecule has 3 aliphatic heterocycles. The minimum Gasteiger partial charge on any atom is -0.342 e. The molecule has 3 unspecified atom stereocenters. The molecule has 0 aliphatic carbocycles. The first-order valence-electron chi connectivity index (χ1n) is 8.00. The first kappa shape index (κ1) is 17.2. The summed E-state index contributed by atoms with van der Waals surface area (Å²) in [5, 5.41) is 4.46. The van der Waals surface area contributed by atoms with Crippen molar-refractivity contribution in [2.24, 2.45) is 0 Å². The molecule has 3 aliphatic rings. The van der Waals surface area contributed by atoms with Gasteiger partial charge in [-0.15, -0.1) is 12.4 Å². The van der Waals surface area contributed by atoms with Crippen LogP contribution in [0.15, 0.2) is 42.7 Å². The molecule has 0 radical (unpaired) electrons. The Balaban J connectivity index is 0.00000169. The van der Waals surface area contributed by atoms with Gasteiger partial charge in [0.1, 0.15) is 11.5 Å². The van der Waals surface area contributed by atoms with E-state index in [0.717, 1.165) is 35.1 Å². The number of piperidine rings is 1. The van der Waals surface area contributed by atoms with Crippen LogP contribution in [0.2, 0.25) is 5.02 Å². The van der Waals surface area contributed by atoms with Crippen LogP contribution >= 0.6 is 24.0 Å². The molecule has 126 valence electrons. The van der Waals surface area contributed by atoms with E-state index in [0.29, 0.717) is 18.0 Å². The quantitative estimate of drug-likeness (QED) is 0.701. The zero-order valence-electron chi connectivity index (χ0n) is 13.4. The summed E-state index contributed by atoms with van der Waals surface area (Å²) < 4.78 is 0. The summed E-state index contributed by atoms with van der Waals surface area (Å²) in [5.41, 5.74) is 3.26. The largest absolute Gasteiger partial charge is 0.342 e. The number of hydrogen-bond acceptors (Lipinski definition) is 3. The van der Waals surface area contributed by atoms with Crippen LogP contribution < -0.4 is 5.32 Å². The Hall–Kier alpha value is -1.62. The molecule has 1 aromatic rings. The molecule has 4 rings (SSSR count). The van der Waals surface area contributed by atoms with Crippen molar-refractivity contribution in [1.82, 2.24) is 20.3 Å². The molecule has 0 saturated carbocycles. The Morgan fingerprint density at radius 3 is 2.67 bits per heavy atom. The molecule has 2 N–H and O–H groups in total. The highest BCUT2D eigenvalue weighted by Crippen LogP contribution is 2.36. The lowest BCUT2D eigenvalue weighted by Crippen LogP contribution is -2.38. The van der Waals surface area contributed by atoms with Crippen LogP contribution in [0.25, 0.3) is 11.4 Å². The van der Waals surface area contributed by atoms with E-state index < -0.39 is 0 Å². The molecule has 1 saturated heterocycles. The van der Waals surface area contributed by atoms with Gasteiger partial charge in [0.25, 0.3) is 0 Å². The fraction of sp³-hybridized carbons (Fsp3) is 0.333. The Labute approximate surface area is 152 Å². The Morgan fingerprint density at radius 1 is 1.08 bits per heavy atom. The first-order valence-corrected chi connectivity index (χ1v) is 8.38. The summed E-state index contributed by atoms with van der Waals surface area (Å²) in [6, 6.07) is 10.9. The lowest BCUT2D eigenvalue weighted by atomic mass is 9.85. The summed E-state index contributed by atoms with van der Waals surface area (Å²) >= 11 is 6.01. The number of fused-ring (bicyclic) bond motifs is 1. The highest BCUT2D eigenvalue weighted by Gasteiger charge is 2.29. The van der Waals surface area contributed by atoms with Gasteiger partial charge in [-0.25, -0.2) is 4.98 Å².